The molecule has 2 atom stereocenters. The summed E-state index contributed by atoms with van der Waals surface area (Å²) in [5.74, 6) is 5.57. The van der Waals surface area contributed by atoms with Gasteiger partial charge in [-0.25, -0.2) is 0 Å². The summed E-state index contributed by atoms with van der Waals surface area (Å²) in [6, 6.07) is 22.7. The second kappa shape index (κ2) is 20.3. The van der Waals surface area contributed by atoms with Gasteiger partial charge < -0.3 is 0 Å². The van der Waals surface area contributed by atoms with Crippen LogP contribution in [0.1, 0.15) is 178 Å². The van der Waals surface area contributed by atoms with Crippen LogP contribution in [0.5, 0.6) is 0 Å². The molecular formula is C43H66O. The fourth-order valence-electron chi connectivity index (χ4n) is 9.18. The Kier molecular flexibility index (Phi) is 16.1. The van der Waals surface area contributed by atoms with Crippen molar-refractivity contribution in [3.05, 3.63) is 71.8 Å². The highest BCUT2D eigenvalue weighted by molar-refractivity contribution is 5.78. The van der Waals surface area contributed by atoms with Gasteiger partial charge in [0.25, 0.3) is 0 Å². The van der Waals surface area contributed by atoms with Crippen LogP contribution in [0.15, 0.2) is 60.7 Å². The van der Waals surface area contributed by atoms with Gasteiger partial charge in [-0.05, 0) is 98.0 Å². The zero-order chi connectivity index (χ0) is 30.8. The topological polar surface area (TPSA) is 17.1 Å². The largest absolute Gasteiger partial charge is 0.300 e. The van der Waals surface area contributed by atoms with Crippen LogP contribution in [0, 0.1) is 23.7 Å². The minimum Gasteiger partial charge on any atom is -0.300 e. The summed E-state index contributed by atoms with van der Waals surface area (Å²) in [6.45, 7) is 4.68. The molecule has 2 aromatic carbocycles. The first-order valence-corrected chi connectivity index (χ1v) is 19.3. The van der Waals surface area contributed by atoms with Crippen molar-refractivity contribution in [2.45, 2.75) is 167 Å². The van der Waals surface area contributed by atoms with E-state index in [9.17, 15) is 4.79 Å². The summed E-state index contributed by atoms with van der Waals surface area (Å²) < 4.78 is 0. The molecule has 0 radical (unpaired) electrons. The van der Waals surface area contributed by atoms with Crippen LogP contribution in [0.3, 0.4) is 0 Å². The summed E-state index contributed by atoms with van der Waals surface area (Å²) >= 11 is 0. The number of carbonyl (C=O) groups is 1. The molecule has 4 rings (SSSR count). The first-order chi connectivity index (χ1) is 21.7. The van der Waals surface area contributed by atoms with E-state index in [1.807, 2.05) is 0 Å². The lowest BCUT2D eigenvalue weighted by molar-refractivity contribution is -0.119. The van der Waals surface area contributed by atoms with Crippen molar-refractivity contribution in [2.24, 2.45) is 23.7 Å². The molecule has 0 bridgehead atoms. The first-order valence-electron chi connectivity index (χ1n) is 19.3. The summed E-state index contributed by atoms with van der Waals surface area (Å²) in [5, 5.41) is 0. The van der Waals surface area contributed by atoms with Crippen molar-refractivity contribution >= 4 is 5.78 Å². The number of benzene rings is 2. The molecular weight excluding hydrogens is 532 g/mol. The maximum Gasteiger partial charge on any atom is 0.132 e. The highest BCUT2D eigenvalue weighted by atomic mass is 16.1. The molecule has 2 fully saturated rings. The maximum absolute atomic E-state index is 12.7. The molecule has 2 aromatic rings. The highest BCUT2D eigenvalue weighted by Gasteiger charge is 2.29. The molecule has 44 heavy (non-hydrogen) atoms. The van der Waals surface area contributed by atoms with Gasteiger partial charge in [0.05, 0.1) is 0 Å². The molecule has 0 N–H and O–H groups in total. The highest BCUT2D eigenvalue weighted by Crippen LogP contribution is 2.43. The van der Waals surface area contributed by atoms with Crippen molar-refractivity contribution < 1.29 is 4.79 Å². The van der Waals surface area contributed by atoms with Gasteiger partial charge >= 0.3 is 0 Å². The van der Waals surface area contributed by atoms with Crippen LogP contribution in [0.25, 0.3) is 0 Å². The molecule has 0 spiro atoms. The van der Waals surface area contributed by atoms with Crippen LogP contribution in [0.2, 0.25) is 0 Å². The van der Waals surface area contributed by atoms with E-state index in [4.69, 9.17) is 0 Å². The monoisotopic (exact) mass is 599 g/mol. The molecule has 2 aliphatic rings. The van der Waals surface area contributed by atoms with Crippen LogP contribution in [0.4, 0.5) is 0 Å². The second-order valence-electron chi connectivity index (χ2n) is 14.9. The molecule has 2 unspecified atom stereocenters. The fraction of sp³-hybridized carbons (Fsp3) is 0.698. The van der Waals surface area contributed by atoms with Crippen molar-refractivity contribution in [1.82, 2.24) is 0 Å². The Labute approximate surface area is 272 Å². The van der Waals surface area contributed by atoms with Crippen LogP contribution < -0.4 is 0 Å². The summed E-state index contributed by atoms with van der Waals surface area (Å²) in [7, 11) is 0. The minimum absolute atomic E-state index is 0.507. The van der Waals surface area contributed by atoms with Crippen LogP contribution >= 0.6 is 0 Å². The molecule has 0 aromatic heterocycles. The molecule has 0 saturated heterocycles. The molecule has 244 valence electrons. The van der Waals surface area contributed by atoms with Gasteiger partial charge in [0.15, 0.2) is 0 Å². The zero-order valence-electron chi connectivity index (χ0n) is 28.7. The number of rotatable bonds is 20. The molecule has 2 aliphatic carbocycles. The van der Waals surface area contributed by atoms with E-state index < -0.39 is 0 Å². The summed E-state index contributed by atoms with van der Waals surface area (Å²) in [6.07, 6.45) is 28.2. The number of hydrogen-bond donors (Lipinski definition) is 0. The van der Waals surface area contributed by atoms with E-state index in [-0.39, 0.29) is 0 Å². The molecule has 1 heteroatoms. The van der Waals surface area contributed by atoms with Gasteiger partial charge in [0.1, 0.15) is 5.78 Å². The van der Waals surface area contributed by atoms with Crippen LogP contribution in [-0.2, 0) is 4.79 Å². The SMILES string of the molecule is CCCC1CCC(C(CCCCCC(=O)CCCCCC(c2ccccc2)C2CCC(CCC)CC2)c2ccccc2)CC1. The van der Waals surface area contributed by atoms with Gasteiger partial charge in [-0.3, -0.25) is 4.79 Å². The smallest absolute Gasteiger partial charge is 0.132 e. The fourth-order valence-corrected chi connectivity index (χ4v) is 9.18. The number of ketones is 1. The lowest BCUT2D eigenvalue weighted by Gasteiger charge is -2.34. The third kappa shape index (κ3) is 11.8. The predicted molar refractivity (Wildman–Crippen MR) is 190 cm³/mol. The average Bonchev–Trinajstić information content (AvgIpc) is 3.06. The first kappa shape index (κ1) is 35.0. The molecule has 0 amide bonds. The third-order valence-electron chi connectivity index (χ3n) is 11.7. The molecule has 2 saturated carbocycles. The van der Waals surface area contributed by atoms with E-state index in [0.29, 0.717) is 17.6 Å². The number of Topliss-reactive ketones (excluding diaryl/α,β-unsaturated/α-hetero) is 1. The van der Waals surface area contributed by atoms with Gasteiger partial charge in [0, 0.05) is 12.8 Å². The van der Waals surface area contributed by atoms with E-state index in [2.05, 4.69) is 74.5 Å². The second-order valence-corrected chi connectivity index (χ2v) is 14.9. The van der Waals surface area contributed by atoms with E-state index in [1.54, 1.807) is 11.1 Å². The lowest BCUT2D eigenvalue weighted by atomic mass is 9.71. The van der Waals surface area contributed by atoms with Crippen LogP contribution in [-0.4, -0.2) is 5.78 Å². The Balaban J connectivity index is 1.11. The van der Waals surface area contributed by atoms with Crippen molar-refractivity contribution in [2.75, 3.05) is 0 Å². The summed E-state index contributed by atoms with van der Waals surface area (Å²) in [4.78, 5) is 12.7. The van der Waals surface area contributed by atoms with Crippen molar-refractivity contribution in [3.8, 4) is 0 Å². The quantitative estimate of drug-likeness (QED) is 0.139. The van der Waals surface area contributed by atoms with E-state index in [1.165, 1.54) is 116 Å². The summed E-state index contributed by atoms with van der Waals surface area (Å²) in [5.41, 5.74) is 3.11. The standard InChI is InChI=1S/C43H66O/c1-3-17-35-27-31-39(32-28-35)42(37-19-9-5-10-20-37)25-15-7-13-23-41(44)24-14-8-16-26-43(38-21-11-6-12-22-38)40-33-29-36(18-4-2)30-34-40/h5-6,9-12,19-22,35-36,39-40,42-43H,3-4,7-8,13-18,23-34H2,1-2H3. The van der Waals surface area contributed by atoms with Crippen molar-refractivity contribution in [1.29, 1.82) is 0 Å². The zero-order valence-corrected chi connectivity index (χ0v) is 28.7. The Morgan fingerprint density at radius 3 is 1.30 bits per heavy atom. The normalized spacial score (nSPS) is 23.7. The maximum atomic E-state index is 12.7. The van der Waals surface area contributed by atoms with Gasteiger partial charge in [-0.15, -0.1) is 0 Å². The lowest BCUT2D eigenvalue weighted by Crippen LogP contribution is -2.21. The predicted octanol–water partition coefficient (Wildman–Crippen LogP) is 13.2. The number of unbranched alkanes of at least 4 members (excludes halogenated alkanes) is 4. The van der Waals surface area contributed by atoms with E-state index >= 15 is 0 Å². The Bertz CT molecular complexity index is 914. The number of carbonyl (C=O) groups excluding carboxylic acids is 1. The Morgan fingerprint density at radius 2 is 0.932 bits per heavy atom. The van der Waals surface area contributed by atoms with Gasteiger partial charge in [0.2, 0.25) is 0 Å². The van der Waals surface area contributed by atoms with Gasteiger partial charge in [-0.1, -0.05) is 152 Å². The number of hydrogen-bond acceptors (Lipinski definition) is 1. The Morgan fingerprint density at radius 1 is 0.545 bits per heavy atom. The third-order valence-corrected chi connectivity index (χ3v) is 11.7. The Hall–Kier alpha value is -1.89. The molecule has 0 aliphatic heterocycles. The molecule has 1 nitrogen and oxygen atoms in total. The van der Waals surface area contributed by atoms with Crippen molar-refractivity contribution in [3.63, 3.8) is 0 Å². The average molecular weight is 599 g/mol. The van der Waals surface area contributed by atoms with Gasteiger partial charge in [-0.2, -0.15) is 0 Å². The van der Waals surface area contributed by atoms with E-state index in [0.717, 1.165) is 49.4 Å². The minimum atomic E-state index is 0.507. The molecule has 0 heterocycles.